The summed E-state index contributed by atoms with van der Waals surface area (Å²) in [5, 5.41) is 23.3. The number of hydrogen-bond acceptors (Lipinski definition) is 3. The third kappa shape index (κ3) is 48.0. The van der Waals surface area contributed by atoms with Gasteiger partial charge in [0.15, 0.2) is 0 Å². The first-order chi connectivity index (χ1) is 29.2. The Morgan fingerprint density at radius 2 is 0.644 bits per heavy atom. The molecule has 0 aliphatic carbocycles. The Morgan fingerprint density at radius 1 is 0.390 bits per heavy atom. The van der Waals surface area contributed by atoms with E-state index in [4.69, 9.17) is 0 Å². The summed E-state index contributed by atoms with van der Waals surface area (Å²) in [6, 6.07) is -0.534. The molecule has 0 saturated heterocycles. The van der Waals surface area contributed by atoms with Crippen molar-refractivity contribution in [3.63, 3.8) is 0 Å². The lowest BCUT2D eigenvalue weighted by atomic mass is 10.0. The number of amides is 1. The van der Waals surface area contributed by atoms with Gasteiger partial charge < -0.3 is 15.5 Å². The molecule has 0 aromatic carbocycles. The quantitative estimate of drug-likeness (QED) is 0.0422. The molecule has 0 fully saturated rings. The first-order valence-corrected chi connectivity index (χ1v) is 27.4. The lowest BCUT2D eigenvalue weighted by molar-refractivity contribution is -0.123. The number of hydrogen-bond donors (Lipinski definition) is 3. The van der Waals surface area contributed by atoms with Crippen LogP contribution in [0.25, 0.3) is 0 Å². The Balaban J connectivity index is 3.43. The molecule has 2 unspecified atom stereocenters. The largest absolute Gasteiger partial charge is 0.394 e. The molecule has 0 radical (unpaired) electrons. The molecule has 0 aromatic rings. The first-order valence-electron chi connectivity index (χ1n) is 27.4. The summed E-state index contributed by atoms with van der Waals surface area (Å²) in [5.41, 5.74) is 0. The van der Waals surface area contributed by atoms with Crippen LogP contribution in [0.1, 0.15) is 316 Å². The lowest BCUT2D eigenvalue weighted by Gasteiger charge is -2.22. The molecule has 0 saturated carbocycles. The molecule has 59 heavy (non-hydrogen) atoms. The van der Waals surface area contributed by atoms with Gasteiger partial charge in [-0.25, -0.2) is 0 Å². The third-order valence-corrected chi connectivity index (χ3v) is 13.0. The van der Waals surface area contributed by atoms with Crippen LogP contribution in [-0.4, -0.2) is 34.9 Å². The third-order valence-electron chi connectivity index (χ3n) is 13.0. The highest BCUT2D eigenvalue weighted by Gasteiger charge is 2.20. The van der Waals surface area contributed by atoms with Gasteiger partial charge in [-0.2, -0.15) is 0 Å². The van der Waals surface area contributed by atoms with E-state index in [1.165, 1.54) is 263 Å². The van der Waals surface area contributed by atoms with E-state index in [9.17, 15) is 15.0 Å². The molecule has 0 spiro atoms. The van der Waals surface area contributed by atoms with Gasteiger partial charge in [0.2, 0.25) is 5.91 Å². The maximum atomic E-state index is 12.5. The maximum Gasteiger partial charge on any atom is 0.220 e. The van der Waals surface area contributed by atoms with Crippen molar-refractivity contribution in [1.82, 2.24) is 5.32 Å². The normalized spacial score (nSPS) is 12.8. The van der Waals surface area contributed by atoms with Crippen molar-refractivity contribution in [2.24, 2.45) is 0 Å². The number of unbranched alkanes of at least 4 members (excludes halogenated alkanes) is 42. The molecule has 352 valence electrons. The fourth-order valence-corrected chi connectivity index (χ4v) is 8.83. The zero-order valence-electron chi connectivity index (χ0n) is 40.6. The van der Waals surface area contributed by atoms with Crippen LogP contribution in [0.5, 0.6) is 0 Å². The van der Waals surface area contributed by atoms with Gasteiger partial charge in [-0.1, -0.05) is 283 Å². The summed E-state index contributed by atoms with van der Waals surface area (Å²) in [7, 11) is 0. The van der Waals surface area contributed by atoms with Crippen LogP contribution in [0.3, 0.4) is 0 Å². The first kappa shape index (κ1) is 58.1. The molecule has 0 rings (SSSR count). The number of nitrogens with one attached hydrogen (secondary N) is 1. The van der Waals surface area contributed by atoms with E-state index in [1.807, 2.05) is 0 Å². The number of carbonyl (C=O) groups is 1. The van der Waals surface area contributed by atoms with E-state index >= 15 is 0 Å². The molecule has 0 bridgehead atoms. The van der Waals surface area contributed by atoms with E-state index in [1.54, 1.807) is 0 Å². The van der Waals surface area contributed by atoms with Crippen LogP contribution < -0.4 is 5.32 Å². The summed E-state index contributed by atoms with van der Waals surface area (Å²) in [5.74, 6) is -0.0258. The Labute approximate surface area is 371 Å². The highest BCUT2D eigenvalue weighted by Crippen LogP contribution is 2.18. The van der Waals surface area contributed by atoms with Gasteiger partial charge in [0.1, 0.15) is 0 Å². The lowest BCUT2D eigenvalue weighted by Crippen LogP contribution is -2.45. The van der Waals surface area contributed by atoms with E-state index in [0.717, 1.165) is 25.7 Å². The highest BCUT2D eigenvalue weighted by atomic mass is 16.3. The highest BCUT2D eigenvalue weighted by molar-refractivity contribution is 5.76. The minimum Gasteiger partial charge on any atom is -0.394 e. The summed E-state index contributed by atoms with van der Waals surface area (Å²) in [4.78, 5) is 12.5. The smallest absolute Gasteiger partial charge is 0.220 e. The topological polar surface area (TPSA) is 69.6 Å². The fourth-order valence-electron chi connectivity index (χ4n) is 8.83. The predicted molar refractivity (Wildman–Crippen MR) is 263 cm³/mol. The molecule has 3 N–H and O–H groups in total. The minimum absolute atomic E-state index is 0.0258. The molecular formula is C55H109NO3. The van der Waals surface area contributed by atoms with Crippen molar-refractivity contribution in [2.75, 3.05) is 6.61 Å². The minimum atomic E-state index is -0.657. The molecule has 2 atom stereocenters. The fraction of sp³-hybridized carbons (Fsp3) is 0.945. The molecular weight excluding hydrogens is 723 g/mol. The number of carbonyl (C=O) groups excluding carboxylic acids is 1. The van der Waals surface area contributed by atoms with Crippen molar-refractivity contribution in [1.29, 1.82) is 0 Å². The van der Waals surface area contributed by atoms with Crippen molar-refractivity contribution in [3.05, 3.63) is 12.2 Å². The van der Waals surface area contributed by atoms with Crippen LogP contribution in [0.15, 0.2) is 12.2 Å². The van der Waals surface area contributed by atoms with Gasteiger partial charge in [0, 0.05) is 6.42 Å². The van der Waals surface area contributed by atoms with Gasteiger partial charge >= 0.3 is 0 Å². The molecule has 4 nitrogen and oxygen atoms in total. The second kappa shape index (κ2) is 51.5. The second-order valence-electron chi connectivity index (χ2n) is 19.0. The average molecular weight is 832 g/mol. The van der Waals surface area contributed by atoms with Crippen LogP contribution in [0.2, 0.25) is 0 Å². The zero-order valence-corrected chi connectivity index (χ0v) is 40.6. The average Bonchev–Trinajstić information content (AvgIpc) is 3.24. The molecule has 0 aromatic heterocycles. The molecule has 4 heteroatoms. The second-order valence-corrected chi connectivity index (χ2v) is 19.0. The Kier molecular flexibility index (Phi) is 50.7. The van der Waals surface area contributed by atoms with E-state index in [2.05, 4.69) is 31.3 Å². The van der Waals surface area contributed by atoms with Gasteiger partial charge in [-0.3, -0.25) is 4.79 Å². The number of rotatable bonds is 51. The van der Waals surface area contributed by atoms with E-state index < -0.39 is 12.1 Å². The summed E-state index contributed by atoms with van der Waals surface area (Å²) in [6.45, 7) is 4.40. The maximum absolute atomic E-state index is 12.5. The van der Waals surface area contributed by atoms with E-state index in [-0.39, 0.29) is 12.5 Å². The predicted octanol–water partition coefficient (Wildman–Crippen LogP) is 17.8. The number of aliphatic hydroxyl groups is 2. The number of allylic oxidation sites excluding steroid dienone is 2. The Morgan fingerprint density at radius 3 is 0.932 bits per heavy atom. The molecule has 0 heterocycles. The van der Waals surface area contributed by atoms with Gasteiger partial charge in [-0.05, 0) is 38.5 Å². The monoisotopic (exact) mass is 832 g/mol. The van der Waals surface area contributed by atoms with Crippen molar-refractivity contribution >= 4 is 5.91 Å². The van der Waals surface area contributed by atoms with Gasteiger partial charge in [-0.15, -0.1) is 0 Å². The zero-order chi connectivity index (χ0) is 42.8. The number of aliphatic hydroxyl groups excluding tert-OH is 2. The summed E-state index contributed by atoms with van der Waals surface area (Å²) < 4.78 is 0. The van der Waals surface area contributed by atoms with Crippen molar-refractivity contribution in [3.8, 4) is 0 Å². The van der Waals surface area contributed by atoms with Gasteiger partial charge in [0.05, 0.1) is 18.8 Å². The molecule has 1 amide bonds. The van der Waals surface area contributed by atoms with Crippen LogP contribution >= 0.6 is 0 Å². The van der Waals surface area contributed by atoms with Crippen molar-refractivity contribution < 1.29 is 15.0 Å². The van der Waals surface area contributed by atoms with Crippen molar-refractivity contribution in [2.45, 2.75) is 328 Å². The summed E-state index contributed by atoms with van der Waals surface area (Å²) in [6.07, 6.45) is 66.2. The SMILES string of the molecule is CCCCCCCCCCCCCC/C=C\CCCCCCCCCCCCCCC(=O)NC(CO)C(O)CCCCCCCCCCCCCCCCCCCCC. The molecule has 0 aliphatic rings. The van der Waals surface area contributed by atoms with E-state index in [0.29, 0.717) is 12.8 Å². The standard InChI is InChI=1S/C55H109NO3/c1-3-5-7-9-11-13-15-17-19-21-23-24-25-26-27-28-29-30-31-33-35-37-39-41-43-45-47-49-51-55(59)56-53(52-57)54(58)50-48-46-44-42-40-38-36-34-32-22-20-18-16-14-12-10-8-6-4-2/h26-27,53-54,57-58H,3-25,28-52H2,1-2H3,(H,56,59)/b27-26-. The molecule has 0 aliphatic heterocycles. The van der Waals surface area contributed by atoms with Gasteiger partial charge in [0.25, 0.3) is 0 Å². The van der Waals surface area contributed by atoms with Crippen LogP contribution in [0, 0.1) is 0 Å². The van der Waals surface area contributed by atoms with Crippen LogP contribution in [-0.2, 0) is 4.79 Å². The summed E-state index contributed by atoms with van der Waals surface area (Å²) >= 11 is 0. The Hall–Kier alpha value is -0.870. The Bertz CT molecular complexity index is 814. The van der Waals surface area contributed by atoms with Crippen LogP contribution in [0.4, 0.5) is 0 Å².